The standard InChI is InChI=1S/C25H25N5O4S/c26-9-10-29-35(32,33)21-5-1-17(2-6-21)25(31)30-11-12-34-24-8-4-18(13-20(24)15-30)19-3-7-22-23(14-19)28-16-27-22/h1-8,13-14,16,29H,9-12,15,26H2,(H,27,28). The van der Waals surface area contributed by atoms with Gasteiger partial charge in [-0.15, -0.1) is 0 Å². The summed E-state index contributed by atoms with van der Waals surface area (Å²) in [5, 5.41) is 0. The third-order valence-corrected chi connectivity index (χ3v) is 7.41. The fourth-order valence-electron chi connectivity index (χ4n) is 4.10. The Morgan fingerprint density at radius 2 is 1.86 bits per heavy atom. The van der Waals surface area contributed by atoms with Crippen LogP contribution in [0.1, 0.15) is 15.9 Å². The maximum atomic E-state index is 13.2. The van der Waals surface area contributed by atoms with Crippen molar-refractivity contribution in [3.8, 4) is 16.9 Å². The van der Waals surface area contributed by atoms with E-state index in [-0.39, 0.29) is 23.9 Å². The van der Waals surface area contributed by atoms with E-state index in [1.54, 1.807) is 11.2 Å². The molecule has 4 aromatic rings. The number of H-pyrrole nitrogens is 1. The van der Waals surface area contributed by atoms with Gasteiger partial charge in [0.15, 0.2) is 0 Å². The largest absolute Gasteiger partial charge is 0.491 e. The van der Waals surface area contributed by atoms with Crippen LogP contribution in [-0.2, 0) is 16.6 Å². The van der Waals surface area contributed by atoms with E-state index < -0.39 is 10.0 Å². The Morgan fingerprint density at radius 3 is 2.66 bits per heavy atom. The van der Waals surface area contributed by atoms with Gasteiger partial charge in [0.05, 0.1) is 28.8 Å². The molecule has 2 heterocycles. The second-order valence-corrected chi connectivity index (χ2v) is 10.0. The molecule has 9 nitrogen and oxygen atoms in total. The molecule has 0 atom stereocenters. The molecule has 0 fully saturated rings. The van der Waals surface area contributed by atoms with E-state index in [1.165, 1.54) is 24.3 Å². The second kappa shape index (κ2) is 9.49. The number of fused-ring (bicyclic) bond motifs is 2. The van der Waals surface area contributed by atoms with E-state index in [9.17, 15) is 13.2 Å². The van der Waals surface area contributed by atoms with Gasteiger partial charge >= 0.3 is 0 Å². The Labute approximate surface area is 203 Å². The van der Waals surface area contributed by atoms with Crippen LogP contribution in [0.2, 0.25) is 0 Å². The van der Waals surface area contributed by atoms with Crippen LogP contribution in [0.25, 0.3) is 22.2 Å². The first kappa shape index (κ1) is 23.0. The van der Waals surface area contributed by atoms with Gasteiger partial charge in [0, 0.05) is 30.8 Å². The van der Waals surface area contributed by atoms with Crippen molar-refractivity contribution in [3.05, 3.63) is 78.1 Å². The Bertz CT molecular complexity index is 1480. The molecule has 180 valence electrons. The average Bonchev–Trinajstić information content (AvgIpc) is 3.25. The van der Waals surface area contributed by atoms with Crippen molar-refractivity contribution in [2.45, 2.75) is 11.4 Å². The van der Waals surface area contributed by atoms with Crippen LogP contribution >= 0.6 is 0 Å². The van der Waals surface area contributed by atoms with Crippen molar-refractivity contribution in [2.75, 3.05) is 26.2 Å². The van der Waals surface area contributed by atoms with Crippen molar-refractivity contribution in [1.82, 2.24) is 19.6 Å². The molecule has 0 radical (unpaired) electrons. The van der Waals surface area contributed by atoms with E-state index in [1.807, 2.05) is 36.4 Å². The van der Waals surface area contributed by atoms with Gasteiger partial charge in [-0.2, -0.15) is 0 Å². The molecule has 3 aromatic carbocycles. The SMILES string of the molecule is NCCNS(=O)(=O)c1ccc(C(=O)N2CCOc3ccc(-c4ccc5nc[nH]c5c4)cc3C2)cc1. The number of ether oxygens (including phenoxy) is 1. The van der Waals surface area contributed by atoms with E-state index in [4.69, 9.17) is 10.5 Å². The van der Waals surface area contributed by atoms with E-state index in [0.29, 0.717) is 25.3 Å². The van der Waals surface area contributed by atoms with Crippen molar-refractivity contribution in [1.29, 1.82) is 0 Å². The lowest BCUT2D eigenvalue weighted by Gasteiger charge is -2.20. The molecule has 0 saturated heterocycles. The Balaban J connectivity index is 1.37. The summed E-state index contributed by atoms with van der Waals surface area (Å²) < 4.78 is 32.9. The zero-order chi connectivity index (χ0) is 24.4. The predicted molar refractivity (Wildman–Crippen MR) is 132 cm³/mol. The number of amides is 1. The molecule has 5 rings (SSSR count). The molecule has 1 aliphatic heterocycles. The molecule has 1 aromatic heterocycles. The number of carbonyl (C=O) groups is 1. The van der Waals surface area contributed by atoms with Crippen molar-refractivity contribution in [3.63, 3.8) is 0 Å². The summed E-state index contributed by atoms with van der Waals surface area (Å²) in [5.41, 5.74) is 10.6. The van der Waals surface area contributed by atoms with Crippen LogP contribution in [-0.4, -0.2) is 55.4 Å². The molecule has 0 bridgehead atoms. The van der Waals surface area contributed by atoms with Crippen LogP contribution in [0.4, 0.5) is 0 Å². The number of nitrogens with zero attached hydrogens (tertiary/aromatic N) is 2. The molecule has 0 aliphatic carbocycles. The van der Waals surface area contributed by atoms with Crippen LogP contribution in [0.15, 0.2) is 71.9 Å². The molecule has 10 heteroatoms. The summed E-state index contributed by atoms with van der Waals surface area (Å²) in [5.74, 6) is 0.559. The predicted octanol–water partition coefficient (Wildman–Crippen LogP) is 2.50. The summed E-state index contributed by atoms with van der Waals surface area (Å²) in [6.45, 7) is 1.52. The maximum Gasteiger partial charge on any atom is 0.254 e. The van der Waals surface area contributed by atoms with E-state index in [0.717, 1.165) is 33.5 Å². The lowest BCUT2D eigenvalue weighted by atomic mass is 10.0. The van der Waals surface area contributed by atoms with Gasteiger partial charge < -0.3 is 20.4 Å². The second-order valence-electron chi connectivity index (χ2n) is 8.24. The van der Waals surface area contributed by atoms with Gasteiger partial charge in [-0.1, -0.05) is 12.1 Å². The Hall–Kier alpha value is -3.73. The van der Waals surface area contributed by atoms with Crippen LogP contribution < -0.4 is 15.2 Å². The van der Waals surface area contributed by atoms with Crippen molar-refractivity contribution >= 4 is 27.0 Å². The average molecular weight is 492 g/mol. The van der Waals surface area contributed by atoms with Gasteiger partial charge in [0.1, 0.15) is 12.4 Å². The Kier molecular flexibility index (Phi) is 6.25. The maximum absolute atomic E-state index is 13.2. The number of sulfonamides is 1. The number of rotatable bonds is 6. The molecule has 4 N–H and O–H groups in total. The number of hydrogen-bond donors (Lipinski definition) is 3. The summed E-state index contributed by atoms with van der Waals surface area (Å²) in [7, 11) is -3.66. The lowest BCUT2D eigenvalue weighted by Crippen LogP contribution is -2.32. The van der Waals surface area contributed by atoms with E-state index in [2.05, 4.69) is 14.7 Å². The first-order valence-electron chi connectivity index (χ1n) is 11.2. The van der Waals surface area contributed by atoms with E-state index >= 15 is 0 Å². The third kappa shape index (κ3) is 4.76. The van der Waals surface area contributed by atoms with Gasteiger partial charge in [-0.05, 0) is 59.7 Å². The summed E-state index contributed by atoms with van der Waals surface area (Å²) in [6, 6.07) is 17.9. The Morgan fingerprint density at radius 1 is 1.09 bits per heavy atom. The highest BCUT2D eigenvalue weighted by Gasteiger charge is 2.22. The van der Waals surface area contributed by atoms with Gasteiger partial charge in [-0.25, -0.2) is 18.1 Å². The third-order valence-electron chi connectivity index (χ3n) is 5.93. The zero-order valence-corrected chi connectivity index (χ0v) is 19.7. The number of carbonyl (C=O) groups excluding carboxylic acids is 1. The van der Waals surface area contributed by atoms with Crippen LogP contribution in [0.3, 0.4) is 0 Å². The molecule has 0 spiro atoms. The normalized spacial score (nSPS) is 13.8. The van der Waals surface area contributed by atoms with Crippen molar-refractivity contribution < 1.29 is 17.9 Å². The molecular weight excluding hydrogens is 466 g/mol. The molecule has 0 saturated carbocycles. The highest BCUT2D eigenvalue weighted by atomic mass is 32.2. The molecule has 0 unspecified atom stereocenters. The summed E-state index contributed by atoms with van der Waals surface area (Å²) >= 11 is 0. The fourth-order valence-corrected chi connectivity index (χ4v) is 5.15. The molecular formula is C25H25N5O4S. The summed E-state index contributed by atoms with van der Waals surface area (Å²) in [6.07, 6.45) is 1.67. The first-order valence-corrected chi connectivity index (χ1v) is 12.7. The van der Waals surface area contributed by atoms with Gasteiger partial charge in [-0.3, -0.25) is 4.79 Å². The van der Waals surface area contributed by atoms with Crippen LogP contribution in [0, 0.1) is 0 Å². The zero-order valence-electron chi connectivity index (χ0n) is 18.9. The monoisotopic (exact) mass is 491 g/mol. The number of nitrogens with one attached hydrogen (secondary N) is 2. The van der Waals surface area contributed by atoms with Crippen LogP contribution in [0.5, 0.6) is 5.75 Å². The highest BCUT2D eigenvalue weighted by Crippen LogP contribution is 2.31. The molecule has 1 amide bonds. The quantitative estimate of drug-likeness (QED) is 0.380. The lowest BCUT2D eigenvalue weighted by molar-refractivity contribution is 0.0733. The minimum absolute atomic E-state index is 0.0888. The topological polar surface area (TPSA) is 130 Å². The summed E-state index contributed by atoms with van der Waals surface area (Å²) in [4.78, 5) is 22.4. The number of imidazole rings is 1. The first-order chi connectivity index (χ1) is 16.9. The number of aromatic amines is 1. The molecule has 35 heavy (non-hydrogen) atoms. The number of nitrogens with two attached hydrogens (primary N) is 1. The number of aromatic nitrogens is 2. The van der Waals surface area contributed by atoms with Gasteiger partial charge in [0.25, 0.3) is 5.91 Å². The fraction of sp³-hybridized carbons (Fsp3) is 0.200. The smallest absolute Gasteiger partial charge is 0.254 e. The highest BCUT2D eigenvalue weighted by molar-refractivity contribution is 7.89. The number of hydrogen-bond acceptors (Lipinski definition) is 6. The van der Waals surface area contributed by atoms with Crippen molar-refractivity contribution in [2.24, 2.45) is 5.73 Å². The minimum atomic E-state index is -3.66. The number of benzene rings is 3. The van der Waals surface area contributed by atoms with Gasteiger partial charge in [0.2, 0.25) is 10.0 Å². The minimum Gasteiger partial charge on any atom is -0.491 e. The molecule has 1 aliphatic rings.